The first-order valence-electron chi connectivity index (χ1n) is 5.24. The van der Waals surface area contributed by atoms with Gasteiger partial charge in [-0.3, -0.25) is 9.48 Å². The third-order valence-corrected chi connectivity index (χ3v) is 2.46. The van der Waals surface area contributed by atoms with Gasteiger partial charge in [-0.25, -0.2) is 9.37 Å². The van der Waals surface area contributed by atoms with Gasteiger partial charge in [0.15, 0.2) is 0 Å². The lowest BCUT2D eigenvalue weighted by molar-refractivity contribution is 0.0946. The van der Waals surface area contributed by atoms with Crippen LogP contribution >= 0.6 is 0 Å². The Morgan fingerprint density at radius 1 is 1.50 bits per heavy atom. The summed E-state index contributed by atoms with van der Waals surface area (Å²) in [5, 5.41) is 6.59. The number of hydrogen-bond acceptors (Lipinski definition) is 4. The summed E-state index contributed by atoms with van der Waals surface area (Å²) in [6.45, 7) is 0.248. The van der Waals surface area contributed by atoms with Gasteiger partial charge >= 0.3 is 0 Å². The van der Waals surface area contributed by atoms with Gasteiger partial charge in [0.05, 0.1) is 12.4 Å². The topological polar surface area (TPSA) is 85.8 Å². The molecule has 0 bridgehead atoms. The lowest BCUT2D eigenvalue weighted by atomic mass is 10.3. The van der Waals surface area contributed by atoms with E-state index in [4.69, 9.17) is 5.73 Å². The molecule has 1 amide bonds. The molecule has 0 aliphatic carbocycles. The molecule has 0 atom stereocenters. The Kier molecular flexibility index (Phi) is 3.22. The number of nitrogens with two attached hydrogens (primary N) is 1. The smallest absolute Gasteiger partial charge is 0.270 e. The van der Waals surface area contributed by atoms with Crippen molar-refractivity contribution in [3.63, 3.8) is 0 Å². The first-order valence-corrected chi connectivity index (χ1v) is 5.24. The van der Waals surface area contributed by atoms with Crippen molar-refractivity contribution in [2.75, 3.05) is 5.73 Å². The number of carbonyl (C=O) groups is 1. The number of nitrogens with zero attached hydrogens (tertiary/aromatic N) is 3. The zero-order valence-corrected chi connectivity index (χ0v) is 9.72. The number of nitrogen functional groups attached to an aromatic ring is 1. The van der Waals surface area contributed by atoms with Crippen LogP contribution in [0.15, 0.2) is 24.5 Å². The van der Waals surface area contributed by atoms with Crippen LogP contribution in [0.25, 0.3) is 0 Å². The van der Waals surface area contributed by atoms with Gasteiger partial charge in [0.1, 0.15) is 17.3 Å². The third kappa shape index (κ3) is 2.45. The standard InChI is InChI=1S/C11H12FN5O/c1-17-10(13)7(5-16-17)4-15-11(18)9-3-2-8(12)6-14-9/h2-3,5-6H,4,13H2,1H3,(H,15,18). The average Bonchev–Trinajstić information content (AvgIpc) is 2.68. The molecule has 0 unspecified atom stereocenters. The molecule has 0 aromatic carbocycles. The summed E-state index contributed by atoms with van der Waals surface area (Å²) in [7, 11) is 1.71. The Morgan fingerprint density at radius 3 is 2.83 bits per heavy atom. The molecule has 2 rings (SSSR count). The van der Waals surface area contributed by atoms with E-state index in [0.717, 1.165) is 6.20 Å². The number of halogens is 1. The lowest BCUT2D eigenvalue weighted by Gasteiger charge is -2.04. The van der Waals surface area contributed by atoms with Gasteiger partial charge in [0.2, 0.25) is 0 Å². The van der Waals surface area contributed by atoms with Gasteiger partial charge in [0, 0.05) is 19.2 Å². The van der Waals surface area contributed by atoms with Crippen LogP contribution in [0.3, 0.4) is 0 Å². The average molecular weight is 249 g/mol. The van der Waals surface area contributed by atoms with Crippen molar-refractivity contribution in [1.29, 1.82) is 0 Å². The number of aromatic nitrogens is 3. The van der Waals surface area contributed by atoms with E-state index in [2.05, 4.69) is 15.4 Å². The third-order valence-electron chi connectivity index (χ3n) is 2.46. The maximum atomic E-state index is 12.6. The molecule has 6 nitrogen and oxygen atoms in total. The minimum Gasteiger partial charge on any atom is -0.384 e. The first-order chi connectivity index (χ1) is 8.58. The molecule has 0 aliphatic rings. The predicted octanol–water partition coefficient (Wildman–Crippen LogP) is 0.466. The maximum Gasteiger partial charge on any atom is 0.270 e. The Morgan fingerprint density at radius 2 is 2.28 bits per heavy atom. The molecule has 3 N–H and O–H groups in total. The molecular formula is C11H12FN5O. The molecule has 7 heteroatoms. The molecular weight excluding hydrogens is 237 g/mol. The lowest BCUT2D eigenvalue weighted by Crippen LogP contribution is -2.24. The van der Waals surface area contributed by atoms with E-state index < -0.39 is 11.7 Å². The number of hydrogen-bond donors (Lipinski definition) is 2. The van der Waals surface area contributed by atoms with Gasteiger partial charge in [-0.15, -0.1) is 0 Å². The van der Waals surface area contributed by atoms with E-state index in [9.17, 15) is 9.18 Å². The van der Waals surface area contributed by atoms with Crippen molar-refractivity contribution < 1.29 is 9.18 Å². The predicted molar refractivity (Wildman–Crippen MR) is 63.0 cm³/mol. The van der Waals surface area contributed by atoms with E-state index in [1.807, 2.05) is 0 Å². The molecule has 2 heterocycles. The van der Waals surface area contributed by atoms with Crippen LogP contribution in [-0.2, 0) is 13.6 Å². The summed E-state index contributed by atoms with van der Waals surface area (Å²) in [5.41, 5.74) is 6.60. The van der Waals surface area contributed by atoms with Crippen LogP contribution in [0.1, 0.15) is 16.1 Å². The largest absolute Gasteiger partial charge is 0.384 e. The van der Waals surface area contributed by atoms with E-state index in [1.165, 1.54) is 16.8 Å². The molecule has 0 radical (unpaired) electrons. The van der Waals surface area contributed by atoms with Crippen LogP contribution in [0, 0.1) is 5.82 Å². The second kappa shape index (κ2) is 4.82. The van der Waals surface area contributed by atoms with Crippen LogP contribution in [-0.4, -0.2) is 20.7 Å². The highest BCUT2D eigenvalue weighted by Gasteiger charge is 2.09. The minimum atomic E-state index is -0.483. The molecule has 94 valence electrons. The second-order valence-electron chi connectivity index (χ2n) is 3.72. The maximum absolute atomic E-state index is 12.6. The van der Waals surface area contributed by atoms with Crippen LogP contribution in [0.4, 0.5) is 10.2 Å². The Bertz CT molecular complexity index is 563. The number of aryl methyl sites for hydroxylation is 1. The van der Waals surface area contributed by atoms with Crippen molar-refractivity contribution >= 4 is 11.7 Å². The Labute approximate surface area is 103 Å². The summed E-state index contributed by atoms with van der Waals surface area (Å²) in [6.07, 6.45) is 2.57. The summed E-state index contributed by atoms with van der Waals surface area (Å²) in [5.74, 6) is -0.385. The minimum absolute atomic E-state index is 0.152. The van der Waals surface area contributed by atoms with Crippen molar-refractivity contribution in [3.8, 4) is 0 Å². The van der Waals surface area contributed by atoms with E-state index in [1.54, 1.807) is 13.2 Å². The fraction of sp³-hybridized carbons (Fsp3) is 0.182. The van der Waals surface area contributed by atoms with Gasteiger partial charge in [-0.2, -0.15) is 5.10 Å². The molecule has 2 aromatic rings. The number of pyridine rings is 1. The number of anilines is 1. The van der Waals surface area contributed by atoms with Crippen LogP contribution in [0.5, 0.6) is 0 Å². The number of nitrogens with one attached hydrogen (secondary N) is 1. The summed E-state index contributed by atoms with van der Waals surface area (Å²) in [6, 6.07) is 2.50. The highest BCUT2D eigenvalue weighted by molar-refractivity contribution is 5.92. The van der Waals surface area contributed by atoms with Crippen molar-refractivity contribution in [3.05, 3.63) is 41.6 Å². The fourth-order valence-electron chi connectivity index (χ4n) is 1.40. The van der Waals surface area contributed by atoms with E-state index in [-0.39, 0.29) is 12.2 Å². The zero-order valence-electron chi connectivity index (χ0n) is 9.72. The van der Waals surface area contributed by atoms with Gasteiger partial charge in [-0.1, -0.05) is 0 Å². The Hall–Kier alpha value is -2.44. The van der Waals surface area contributed by atoms with Crippen LogP contribution < -0.4 is 11.1 Å². The first kappa shape index (κ1) is 12.0. The van der Waals surface area contributed by atoms with Gasteiger partial charge < -0.3 is 11.1 Å². The normalized spacial score (nSPS) is 10.3. The monoisotopic (exact) mass is 249 g/mol. The van der Waals surface area contributed by atoms with Crippen LogP contribution in [0.2, 0.25) is 0 Å². The number of carbonyl (C=O) groups excluding carboxylic acids is 1. The van der Waals surface area contributed by atoms with Crippen molar-refractivity contribution in [2.45, 2.75) is 6.54 Å². The molecule has 0 saturated carbocycles. The van der Waals surface area contributed by atoms with E-state index in [0.29, 0.717) is 11.4 Å². The van der Waals surface area contributed by atoms with Gasteiger partial charge in [0.25, 0.3) is 5.91 Å². The van der Waals surface area contributed by atoms with Gasteiger partial charge in [-0.05, 0) is 12.1 Å². The zero-order chi connectivity index (χ0) is 13.1. The highest BCUT2D eigenvalue weighted by atomic mass is 19.1. The molecule has 0 saturated heterocycles. The molecule has 0 spiro atoms. The molecule has 0 aliphatic heterocycles. The Balaban J connectivity index is 2.00. The van der Waals surface area contributed by atoms with E-state index >= 15 is 0 Å². The summed E-state index contributed by atoms with van der Waals surface area (Å²) in [4.78, 5) is 15.4. The summed E-state index contributed by atoms with van der Waals surface area (Å²) < 4.78 is 14.1. The number of rotatable bonds is 3. The summed E-state index contributed by atoms with van der Waals surface area (Å²) >= 11 is 0. The van der Waals surface area contributed by atoms with Crippen molar-refractivity contribution in [1.82, 2.24) is 20.1 Å². The SMILES string of the molecule is Cn1ncc(CNC(=O)c2ccc(F)cn2)c1N. The number of amides is 1. The molecule has 0 fully saturated rings. The highest BCUT2D eigenvalue weighted by Crippen LogP contribution is 2.08. The fourth-order valence-corrected chi connectivity index (χ4v) is 1.40. The second-order valence-corrected chi connectivity index (χ2v) is 3.72. The molecule has 18 heavy (non-hydrogen) atoms. The quantitative estimate of drug-likeness (QED) is 0.827. The molecule has 2 aromatic heterocycles. The van der Waals surface area contributed by atoms with Crippen molar-refractivity contribution in [2.24, 2.45) is 7.05 Å².